The van der Waals surface area contributed by atoms with Gasteiger partial charge in [-0.3, -0.25) is 4.79 Å². The molecule has 146 valence electrons. The van der Waals surface area contributed by atoms with Gasteiger partial charge >= 0.3 is 0 Å². The van der Waals surface area contributed by atoms with Gasteiger partial charge in [0, 0.05) is 24.0 Å². The van der Waals surface area contributed by atoms with Gasteiger partial charge < -0.3 is 10.4 Å². The Labute approximate surface area is 164 Å². The molecule has 0 radical (unpaired) electrons. The standard InChI is InChI=1S/C21H22N2O4S/c1-3-23(4-2)28(26,27)17-10-7-9-16(14-17)21(25)22-20-18-11-6-5-8-15(18)12-13-19(20)24/h5-14,24H,3-4H2,1-2H3,(H,22,25). The van der Waals surface area contributed by atoms with E-state index in [9.17, 15) is 18.3 Å². The van der Waals surface area contributed by atoms with Crippen molar-refractivity contribution in [2.45, 2.75) is 18.7 Å². The quantitative estimate of drug-likeness (QED) is 0.618. The van der Waals surface area contributed by atoms with E-state index in [-0.39, 0.29) is 16.2 Å². The minimum Gasteiger partial charge on any atom is -0.506 e. The zero-order chi connectivity index (χ0) is 20.3. The number of carbonyl (C=O) groups excluding carboxylic acids is 1. The van der Waals surface area contributed by atoms with Crippen molar-refractivity contribution in [3.63, 3.8) is 0 Å². The number of aromatic hydroxyl groups is 1. The molecule has 28 heavy (non-hydrogen) atoms. The molecule has 0 spiro atoms. The Kier molecular flexibility index (Phi) is 5.67. The fraction of sp³-hybridized carbons (Fsp3) is 0.190. The summed E-state index contributed by atoms with van der Waals surface area (Å²) >= 11 is 0. The molecule has 3 rings (SSSR count). The summed E-state index contributed by atoms with van der Waals surface area (Å²) in [5, 5.41) is 14.5. The van der Waals surface area contributed by atoms with Crippen LogP contribution in [0.4, 0.5) is 5.69 Å². The van der Waals surface area contributed by atoms with Crippen LogP contribution in [0.3, 0.4) is 0 Å². The third-order valence-corrected chi connectivity index (χ3v) is 6.63. The highest BCUT2D eigenvalue weighted by atomic mass is 32.2. The Bertz CT molecular complexity index is 1120. The smallest absolute Gasteiger partial charge is 0.255 e. The number of nitrogens with zero attached hydrogens (tertiary/aromatic N) is 1. The molecule has 3 aromatic carbocycles. The van der Waals surface area contributed by atoms with Crippen molar-refractivity contribution in [1.29, 1.82) is 0 Å². The monoisotopic (exact) mass is 398 g/mol. The molecule has 0 aliphatic carbocycles. The number of phenols is 1. The normalized spacial score (nSPS) is 11.7. The van der Waals surface area contributed by atoms with E-state index in [4.69, 9.17) is 0 Å². The number of hydrogen-bond donors (Lipinski definition) is 2. The summed E-state index contributed by atoms with van der Waals surface area (Å²) in [5.41, 5.74) is 0.487. The molecular weight excluding hydrogens is 376 g/mol. The van der Waals surface area contributed by atoms with Crippen LogP contribution in [-0.4, -0.2) is 36.8 Å². The minimum atomic E-state index is -3.67. The molecule has 0 aromatic heterocycles. The third kappa shape index (κ3) is 3.72. The highest BCUT2D eigenvalue weighted by Crippen LogP contribution is 2.32. The zero-order valence-corrected chi connectivity index (χ0v) is 16.5. The lowest BCUT2D eigenvalue weighted by Crippen LogP contribution is -2.30. The maximum Gasteiger partial charge on any atom is 0.255 e. The third-order valence-electron chi connectivity index (χ3n) is 4.58. The molecule has 0 aliphatic rings. The van der Waals surface area contributed by atoms with E-state index in [1.165, 1.54) is 28.6 Å². The van der Waals surface area contributed by atoms with E-state index in [1.54, 1.807) is 32.0 Å². The number of sulfonamides is 1. The first-order chi connectivity index (χ1) is 13.4. The summed E-state index contributed by atoms with van der Waals surface area (Å²) in [6, 6.07) is 16.5. The van der Waals surface area contributed by atoms with Crippen LogP contribution in [0, 0.1) is 0 Å². The van der Waals surface area contributed by atoms with Gasteiger partial charge in [0.25, 0.3) is 5.91 Å². The summed E-state index contributed by atoms with van der Waals surface area (Å²) in [6.45, 7) is 4.22. The number of amides is 1. The largest absolute Gasteiger partial charge is 0.506 e. The Morgan fingerprint density at radius 1 is 1.00 bits per heavy atom. The van der Waals surface area contributed by atoms with E-state index in [2.05, 4.69) is 5.32 Å². The van der Waals surface area contributed by atoms with Gasteiger partial charge in [-0.1, -0.05) is 50.2 Å². The van der Waals surface area contributed by atoms with Crippen molar-refractivity contribution in [2.75, 3.05) is 18.4 Å². The van der Waals surface area contributed by atoms with Crippen molar-refractivity contribution in [1.82, 2.24) is 4.31 Å². The van der Waals surface area contributed by atoms with Crippen LogP contribution in [0.15, 0.2) is 65.6 Å². The number of anilines is 1. The van der Waals surface area contributed by atoms with Crippen LogP contribution < -0.4 is 5.32 Å². The number of benzene rings is 3. The highest BCUT2D eigenvalue weighted by Gasteiger charge is 2.23. The Morgan fingerprint density at radius 2 is 1.71 bits per heavy atom. The molecule has 3 aromatic rings. The molecular formula is C21H22N2O4S. The first kappa shape index (κ1) is 19.9. The Morgan fingerprint density at radius 3 is 2.43 bits per heavy atom. The van der Waals surface area contributed by atoms with Crippen LogP contribution in [0.1, 0.15) is 24.2 Å². The Hall–Kier alpha value is -2.90. The molecule has 0 unspecified atom stereocenters. The molecule has 0 saturated carbocycles. The van der Waals surface area contributed by atoms with Gasteiger partial charge in [0.15, 0.2) is 0 Å². The summed E-state index contributed by atoms with van der Waals surface area (Å²) in [6.07, 6.45) is 0. The van der Waals surface area contributed by atoms with Gasteiger partial charge in [-0.2, -0.15) is 4.31 Å². The Balaban J connectivity index is 1.96. The van der Waals surface area contributed by atoms with E-state index < -0.39 is 15.9 Å². The molecule has 0 aliphatic heterocycles. The molecule has 0 saturated heterocycles. The first-order valence-electron chi connectivity index (χ1n) is 9.00. The van der Waals surface area contributed by atoms with Crippen molar-refractivity contribution in [2.24, 2.45) is 0 Å². The number of hydrogen-bond acceptors (Lipinski definition) is 4. The lowest BCUT2D eigenvalue weighted by molar-refractivity contribution is 0.102. The molecule has 1 amide bonds. The number of phenolic OH excluding ortho intramolecular Hbond substituents is 1. The fourth-order valence-electron chi connectivity index (χ4n) is 3.09. The average molecular weight is 398 g/mol. The second-order valence-corrected chi connectivity index (χ2v) is 8.19. The molecule has 2 N–H and O–H groups in total. The second-order valence-electron chi connectivity index (χ2n) is 6.25. The van der Waals surface area contributed by atoms with Crippen molar-refractivity contribution in [3.8, 4) is 5.75 Å². The number of nitrogens with one attached hydrogen (secondary N) is 1. The van der Waals surface area contributed by atoms with Gasteiger partial charge in [-0.25, -0.2) is 8.42 Å². The van der Waals surface area contributed by atoms with Crippen LogP contribution in [0.25, 0.3) is 10.8 Å². The zero-order valence-electron chi connectivity index (χ0n) is 15.7. The van der Waals surface area contributed by atoms with E-state index in [0.29, 0.717) is 24.2 Å². The van der Waals surface area contributed by atoms with E-state index >= 15 is 0 Å². The first-order valence-corrected chi connectivity index (χ1v) is 10.4. The summed E-state index contributed by atoms with van der Waals surface area (Å²) < 4.78 is 26.8. The molecule has 0 bridgehead atoms. The predicted molar refractivity (Wildman–Crippen MR) is 110 cm³/mol. The van der Waals surface area contributed by atoms with Gasteiger partial charge in [0.2, 0.25) is 10.0 Å². The molecule has 6 nitrogen and oxygen atoms in total. The van der Waals surface area contributed by atoms with Crippen molar-refractivity contribution >= 4 is 32.4 Å². The highest BCUT2D eigenvalue weighted by molar-refractivity contribution is 7.89. The van der Waals surface area contributed by atoms with Crippen LogP contribution in [0.2, 0.25) is 0 Å². The molecule has 0 heterocycles. The number of carbonyl (C=O) groups is 1. The summed E-state index contributed by atoms with van der Waals surface area (Å²) in [7, 11) is -3.67. The lowest BCUT2D eigenvalue weighted by Gasteiger charge is -2.18. The lowest BCUT2D eigenvalue weighted by atomic mass is 10.1. The second kappa shape index (κ2) is 8.00. The van der Waals surface area contributed by atoms with Gasteiger partial charge in [0.05, 0.1) is 10.6 Å². The molecule has 0 fully saturated rings. The maximum atomic E-state index is 12.8. The van der Waals surface area contributed by atoms with Crippen molar-refractivity contribution in [3.05, 3.63) is 66.2 Å². The predicted octanol–water partition coefficient (Wildman–Crippen LogP) is 3.83. The van der Waals surface area contributed by atoms with Crippen LogP contribution in [0.5, 0.6) is 5.75 Å². The van der Waals surface area contributed by atoms with Crippen LogP contribution in [-0.2, 0) is 10.0 Å². The SMILES string of the molecule is CCN(CC)S(=O)(=O)c1cccc(C(=O)Nc2c(O)ccc3ccccc23)c1. The fourth-order valence-corrected chi connectivity index (χ4v) is 4.59. The maximum absolute atomic E-state index is 12.8. The molecule has 7 heteroatoms. The number of rotatable bonds is 6. The topological polar surface area (TPSA) is 86.7 Å². The minimum absolute atomic E-state index is 0.0565. The van der Waals surface area contributed by atoms with E-state index in [0.717, 1.165) is 5.39 Å². The van der Waals surface area contributed by atoms with Gasteiger partial charge in [-0.15, -0.1) is 0 Å². The summed E-state index contributed by atoms with van der Waals surface area (Å²) in [4.78, 5) is 12.8. The van der Waals surface area contributed by atoms with Gasteiger partial charge in [-0.05, 0) is 29.7 Å². The van der Waals surface area contributed by atoms with Crippen LogP contribution >= 0.6 is 0 Å². The number of fused-ring (bicyclic) bond motifs is 1. The average Bonchev–Trinajstić information content (AvgIpc) is 2.71. The van der Waals surface area contributed by atoms with Gasteiger partial charge in [0.1, 0.15) is 5.75 Å². The summed E-state index contributed by atoms with van der Waals surface area (Å²) in [5.74, 6) is -0.554. The van der Waals surface area contributed by atoms with E-state index in [1.807, 2.05) is 18.2 Å². The van der Waals surface area contributed by atoms with Crippen molar-refractivity contribution < 1.29 is 18.3 Å². The molecule has 0 atom stereocenters.